The number of nitrogens with zero attached hydrogens (tertiary/aromatic N) is 3. The van der Waals surface area contributed by atoms with E-state index in [0.29, 0.717) is 16.7 Å². The van der Waals surface area contributed by atoms with E-state index in [9.17, 15) is 9.59 Å². The van der Waals surface area contributed by atoms with E-state index in [1.165, 1.54) is 0 Å². The highest BCUT2D eigenvalue weighted by Crippen LogP contribution is 2.20. The molecule has 4 aromatic rings. The van der Waals surface area contributed by atoms with Gasteiger partial charge in [0.15, 0.2) is 13.3 Å². The van der Waals surface area contributed by atoms with Crippen LogP contribution in [0.25, 0.3) is 21.7 Å². The van der Waals surface area contributed by atoms with Crippen molar-refractivity contribution in [2.75, 3.05) is 6.61 Å². The lowest BCUT2D eigenvalue weighted by Crippen LogP contribution is -2.27. The Hall–Kier alpha value is -3.74. The summed E-state index contributed by atoms with van der Waals surface area (Å²) < 4.78 is 11.5. The predicted molar refractivity (Wildman–Crippen MR) is 99.3 cm³/mol. The van der Waals surface area contributed by atoms with Gasteiger partial charge in [0, 0.05) is 0 Å². The van der Waals surface area contributed by atoms with E-state index in [1.807, 2.05) is 36.4 Å². The summed E-state index contributed by atoms with van der Waals surface area (Å²) >= 11 is 0. The van der Waals surface area contributed by atoms with Gasteiger partial charge < -0.3 is 9.47 Å². The van der Waals surface area contributed by atoms with Gasteiger partial charge in [0.2, 0.25) is 0 Å². The molecule has 0 radical (unpaired) electrons. The lowest BCUT2D eigenvalue weighted by atomic mass is 10.1. The van der Waals surface area contributed by atoms with Crippen LogP contribution in [0.4, 0.5) is 0 Å². The average molecular weight is 361 g/mol. The zero-order valence-corrected chi connectivity index (χ0v) is 14.2. The average Bonchev–Trinajstić information content (AvgIpc) is 2.72. The zero-order chi connectivity index (χ0) is 18.6. The predicted octanol–water partition coefficient (Wildman–Crippen LogP) is 2.52. The molecule has 7 nitrogen and oxygen atoms in total. The fraction of sp³-hybridized carbons (Fsp3) is 0.100. The summed E-state index contributed by atoms with van der Waals surface area (Å²) in [6.07, 6.45) is 0. The van der Waals surface area contributed by atoms with E-state index in [4.69, 9.17) is 9.47 Å². The minimum Gasteiger partial charge on any atom is -0.482 e. The normalized spacial score (nSPS) is 10.8. The summed E-state index contributed by atoms with van der Waals surface area (Å²) in [6.45, 7) is -0.593. The molecule has 134 valence electrons. The van der Waals surface area contributed by atoms with Crippen molar-refractivity contribution < 1.29 is 14.3 Å². The first-order valence-corrected chi connectivity index (χ1v) is 8.30. The van der Waals surface area contributed by atoms with Crippen LogP contribution in [0, 0.1) is 0 Å². The van der Waals surface area contributed by atoms with Crippen molar-refractivity contribution in [2.45, 2.75) is 6.73 Å². The maximum atomic E-state index is 12.3. The van der Waals surface area contributed by atoms with E-state index in [2.05, 4.69) is 10.3 Å². The van der Waals surface area contributed by atoms with Crippen LogP contribution in [0.3, 0.4) is 0 Å². The summed E-state index contributed by atoms with van der Waals surface area (Å²) in [5.41, 5.74) is 0.119. The van der Waals surface area contributed by atoms with Gasteiger partial charge in [-0.1, -0.05) is 47.7 Å². The molecule has 0 saturated heterocycles. The van der Waals surface area contributed by atoms with E-state index in [-0.39, 0.29) is 18.9 Å². The number of fused-ring (bicyclic) bond motifs is 2. The van der Waals surface area contributed by atoms with Crippen LogP contribution in [0.1, 0.15) is 0 Å². The fourth-order valence-corrected chi connectivity index (χ4v) is 2.68. The largest absolute Gasteiger partial charge is 0.482 e. The molecule has 0 fully saturated rings. The van der Waals surface area contributed by atoms with Crippen molar-refractivity contribution in [3.8, 4) is 5.75 Å². The summed E-state index contributed by atoms with van der Waals surface area (Å²) in [4.78, 5) is 24.2. The Labute approximate surface area is 153 Å². The molecule has 3 aromatic carbocycles. The number of hydrogen-bond donors (Lipinski definition) is 0. The first-order valence-electron chi connectivity index (χ1n) is 8.30. The van der Waals surface area contributed by atoms with Gasteiger partial charge in [-0.3, -0.25) is 4.79 Å². The van der Waals surface area contributed by atoms with Crippen LogP contribution >= 0.6 is 0 Å². The van der Waals surface area contributed by atoms with Crippen LogP contribution < -0.4 is 10.3 Å². The van der Waals surface area contributed by atoms with Gasteiger partial charge in [-0.2, -0.15) is 4.68 Å². The molecule has 0 atom stereocenters. The van der Waals surface area contributed by atoms with Gasteiger partial charge in [-0.05, 0) is 35.0 Å². The van der Waals surface area contributed by atoms with E-state index in [1.54, 1.807) is 30.3 Å². The van der Waals surface area contributed by atoms with Gasteiger partial charge >= 0.3 is 5.97 Å². The SMILES string of the molecule is O=C(COc1ccc2ccccc2c1)OCn1nnc2ccccc2c1=O. The maximum Gasteiger partial charge on any atom is 0.345 e. The molecule has 4 rings (SSSR count). The summed E-state index contributed by atoms with van der Waals surface area (Å²) in [5.74, 6) is -0.0432. The third-order valence-corrected chi connectivity index (χ3v) is 4.05. The standard InChI is InChI=1S/C20H15N3O4/c24-19(12-26-16-10-9-14-5-1-2-6-15(14)11-16)27-13-23-20(25)17-7-3-4-8-18(17)21-22-23/h1-11H,12-13H2. The van der Waals surface area contributed by atoms with E-state index in [0.717, 1.165) is 15.5 Å². The smallest absolute Gasteiger partial charge is 0.345 e. The van der Waals surface area contributed by atoms with Gasteiger partial charge in [0.05, 0.1) is 5.39 Å². The van der Waals surface area contributed by atoms with Crippen molar-refractivity contribution in [1.82, 2.24) is 15.0 Å². The highest BCUT2D eigenvalue weighted by molar-refractivity contribution is 5.83. The first kappa shape index (κ1) is 16.7. The van der Waals surface area contributed by atoms with Crippen molar-refractivity contribution in [3.05, 3.63) is 77.1 Å². The Morgan fingerprint density at radius 1 is 0.963 bits per heavy atom. The Morgan fingerprint density at radius 2 is 1.74 bits per heavy atom. The minimum absolute atomic E-state index is 0.270. The molecule has 0 saturated carbocycles. The highest BCUT2D eigenvalue weighted by Gasteiger charge is 2.09. The maximum absolute atomic E-state index is 12.3. The number of aromatic nitrogens is 3. The topological polar surface area (TPSA) is 83.3 Å². The van der Waals surface area contributed by atoms with E-state index >= 15 is 0 Å². The second-order valence-electron chi connectivity index (χ2n) is 5.85. The summed E-state index contributed by atoms with van der Waals surface area (Å²) in [6, 6.07) is 20.2. The van der Waals surface area contributed by atoms with Gasteiger partial charge in [-0.15, -0.1) is 5.10 Å². The van der Waals surface area contributed by atoms with Crippen molar-refractivity contribution in [1.29, 1.82) is 0 Å². The van der Waals surface area contributed by atoms with Gasteiger partial charge in [-0.25, -0.2) is 4.79 Å². The van der Waals surface area contributed by atoms with Crippen LogP contribution in [0.5, 0.6) is 5.75 Å². The number of hydrogen-bond acceptors (Lipinski definition) is 6. The molecule has 0 spiro atoms. The molecule has 0 aliphatic carbocycles. The summed E-state index contributed by atoms with van der Waals surface area (Å²) in [7, 11) is 0. The van der Waals surface area contributed by atoms with E-state index < -0.39 is 5.97 Å². The molecular formula is C20H15N3O4. The molecule has 0 aliphatic rings. The Bertz CT molecular complexity index is 1190. The molecule has 0 N–H and O–H groups in total. The Balaban J connectivity index is 1.38. The molecule has 0 aliphatic heterocycles. The number of ether oxygens (including phenoxy) is 2. The Kier molecular flexibility index (Phi) is 4.49. The first-order chi connectivity index (χ1) is 13.2. The molecular weight excluding hydrogens is 346 g/mol. The van der Waals surface area contributed by atoms with Crippen molar-refractivity contribution in [3.63, 3.8) is 0 Å². The molecule has 0 unspecified atom stereocenters. The van der Waals surface area contributed by atoms with Crippen LogP contribution in [0.2, 0.25) is 0 Å². The molecule has 1 heterocycles. The molecule has 0 bridgehead atoms. The highest BCUT2D eigenvalue weighted by atomic mass is 16.6. The van der Waals surface area contributed by atoms with Gasteiger partial charge in [0.1, 0.15) is 11.3 Å². The number of esters is 1. The molecule has 27 heavy (non-hydrogen) atoms. The quantitative estimate of drug-likeness (QED) is 0.508. The third-order valence-electron chi connectivity index (χ3n) is 4.05. The Morgan fingerprint density at radius 3 is 2.63 bits per heavy atom. The van der Waals surface area contributed by atoms with Gasteiger partial charge in [0.25, 0.3) is 5.56 Å². The molecule has 7 heteroatoms. The van der Waals surface area contributed by atoms with Crippen LogP contribution in [0.15, 0.2) is 71.5 Å². The molecule has 1 aromatic heterocycles. The fourth-order valence-electron chi connectivity index (χ4n) is 2.68. The second kappa shape index (κ2) is 7.25. The zero-order valence-electron chi connectivity index (χ0n) is 14.2. The monoisotopic (exact) mass is 361 g/mol. The lowest BCUT2D eigenvalue weighted by Gasteiger charge is -2.08. The number of benzene rings is 3. The third kappa shape index (κ3) is 3.62. The number of rotatable bonds is 5. The summed E-state index contributed by atoms with van der Waals surface area (Å²) in [5, 5.41) is 10.2. The number of carbonyl (C=O) groups excluding carboxylic acids is 1. The molecule has 0 amide bonds. The second-order valence-corrected chi connectivity index (χ2v) is 5.85. The van der Waals surface area contributed by atoms with Crippen molar-refractivity contribution in [2.24, 2.45) is 0 Å². The van der Waals surface area contributed by atoms with Crippen molar-refractivity contribution >= 4 is 27.6 Å². The van der Waals surface area contributed by atoms with Crippen LogP contribution in [-0.4, -0.2) is 27.6 Å². The van der Waals surface area contributed by atoms with Crippen LogP contribution in [-0.2, 0) is 16.3 Å². The number of carbonyl (C=O) groups is 1. The minimum atomic E-state index is -0.606. The lowest BCUT2D eigenvalue weighted by molar-refractivity contribution is -0.150.